The summed E-state index contributed by atoms with van der Waals surface area (Å²) in [5, 5.41) is 0. The summed E-state index contributed by atoms with van der Waals surface area (Å²) in [5.74, 6) is -0.198. The van der Waals surface area contributed by atoms with Crippen LogP contribution in [0.4, 0.5) is 0 Å². The van der Waals surface area contributed by atoms with E-state index in [9.17, 15) is 14.4 Å². The van der Waals surface area contributed by atoms with Crippen molar-refractivity contribution >= 4 is 57.1 Å². The topological polar surface area (TPSA) is 146 Å². The van der Waals surface area contributed by atoms with Crippen molar-refractivity contribution in [3.05, 3.63) is 69.1 Å². The molecule has 50 heavy (non-hydrogen) atoms. The van der Waals surface area contributed by atoms with E-state index in [0.29, 0.717) is 45.8 Å². The van der Waals surface area contributed by atoms with Gasteiger partial charge in [-0.15, -0.1) is 0 Å². The first-order valence-electron chi connectivity index (χ1n) is 17.8. The number of imide groups is 1. The summed E-state index contributed by atoms with van der Waals surface area (Å²) in [6.45, 7) is 16.6. The highest BCUT2D eigenvalue weighted by molar-refractivity contribution is 6.27. The minimum atomic E-state index is -0.296. The van der Waals surface area contributed by atoms with Crippen molar-refractivity contribution in [2.45, 2.75) is 112 Å². The van der Waals surface area contributed by atoms with Gasteiger partial charge in [0.05, 0.1) is 39.4 Å². The molecular weight excluding hydrogens is 630 g/mol. The number of carbonyl (C=O) groups excluding carboxylic acids is 5. The van der Waals surface area contributed by atoms with Crippen molar-refractivity contribution in [2.24, 2.45) is 0 Å². The number of amides is 2. The number of rotatable bonds is 9. The number of hydrogen-bond donors (Lipinski definition) is 2. The maximum Gasteiger partial charge on any atom is 0.373 e. The lowest BCUT2D eigenvalue weighted by molar-refractivity contribution is -0.191. The van der Waals surface area contributed by atoms with Gasteiger partial charge < -0.3 is 9.97 Å². The maximum atomic E-state index is 14.5. The molecule has 0 spiro atoms. The van der Waals surface area contributed by atoms with Gasteiger partial charge in [-0.2, -0.15) is 9.59 Å². The van der Waals surface area contributed by atoms with Crippen LogP contribution in [-0.2, 0) is 14.4 Å². The molecule has 10 nitrogen and oxygen atoms in total. The standard InChI is InChI=1S/C39H47N5O3.CO2/c1-9-12-13-14-16-44-38(46)34-23(7)30-18-31-25(11-3)20(4)27(40-31)19-32-33(24(8)45)22(6)29(41-32)17-28-21(5)26(15-10-2)36(42-28)35(39(44)47)37(34)43-30;2-1-3/h17-20,25,40,43H,9-16H2,1-8H3;/t20-,25-;/m1./s1. The molecule has 2 atom stereocenters. The van der Waals surface area contributed by atoms with Crippen molar-refractivity contribution in [1.29, 1.82) is 0 Å². The van der Waals surface area contributed by atoms with Gasteiger partial charge in [0.15, 0.2) is 5.78 Å². The average molecular weight is 678 g/mol. The Bertz CT molecular complexity index is 2050. The summed E-state index contributed by atoms with van der Waals surface area (Å²) in [5.41, 5.74) is 11.4. The second kappa shape index (κ2) is 14.9. The monoisotopic (exact) mass is 677 g/mol. The second-order valence-electron chi connectivity index (χ2n) is 13.6. The molecule has 2 amide bonds. The zero-order valence-corrected chi connectivity index (χ0v) is 30.4. The van der Waals surface area contributed by atoms with Crippen LogP contribution < -0.4 is 0 Å². The number of fused-ring (bicyclic) bond motifs is 8. The van der Waals surface area contributed by atoms with Crippen LogP contribution in [0.15, 0.2) is 18.2 Å². The van der Waals surface area contributed by atoms with Crippen molar-refractivity contribution in [2.75, 3.05) is 6.54 Å². The molecule has 0 radical (unpaired) electrons. The highest BCUT2D eigenvalue weighted by Gasteiger charge is 2.38. The molecule has 4 aliphatic rings. The number of H-pyrrole nitrogens is 2. The van der Waals surface area contributed by atoms with E-state index in [1.165, 1.54) is 4.90 Å². The maximum absolute atomic E-state index is 14.5. The van der Waals surface area contributed by atoms with Gasteiger partial charge in [0, 0.05) is 40.9 Å². The average Bonchev–Trinajstić information content (AvgIpc) is 3.75. The van der Waals surface area contributed by atoms with Crippen LogP contribution in [0.25, 0.3) is 33.3 Å². The summed E-state index contributed by atoms with van der Waals surface area (Å²) in [7, 11) is 0. The van der Waals surface area contributed by atoms with Crippen molar-refractivity contribution in [3.8, 4) is 0 Å². The molecule has 262 valence electrons. The van der Waals surface area contributed by atoms with Crippen molar-refractivity contribution in [3.63, 3.8) is 0 Å². The van der Waals surface area contributed by atoms with Crippen LogP contribution in [0.1, 0.15) is 166 Å². The lowest BCUT2D eigenvalue weighted by Crippen LogP contribution is -2.41. The van der Waals surface area contributed by atoms with Gasteiger partial charge in [-0.3, -0.25) is 19.3 Å². The lowest BCUT2D eigenvalue weighted by atomic mass is 9.89. The predicted molar refractivity (Wildman–Crippen MR) is 194 cm³/mol. The van der Waals surface area contributed by atoms with E-state index >= 15 is 0 Å². The van der Waals surface area contributed by atoms with E-state index < -0.39 is 0 Å². The van der Waals surface area contributed by atoms with E-state index in [1.807, 2.05) is 32.9 Å². The van der Waals surface area contributed by atoms with Gasteiger partial charge >= 0.3 is 6.15 Å². The Morgan fingerprint density at radius 2 is 1.52 bits per heavy atom. The van der Waals surface area contributed by atoms with Crippen LogP contribution in [0.2, 0.25) is 0 Å². The number of nitrogens with zero attached hydrogens (tertiary/aromatic N) is 3. The SMILES string of the molecule is CCCCCCN1C(=O)c2c3nc(cc4nc(cc5[nH]c(cc6[nH]c2c(c6C)C1=O)[C@H](CC)[C@H]5C)C(C(C)=O)=C4C)C(C)=C3CCC.O=C=O. The van der Waals surface area contributed by atoms with Gasteiger partial charge in [0.25, 0.3) is 11.8 Å². The summed E-state index contributed by atoms with van der Waals surface area (Å²) in [6, 6.07) is 6.08. The molecule has 0 unspecified atom stereocenters. The number of allylic oxidation sites excluding steroid dienone is 4. The fourth-order valence-electron chi connectivity index (χ4n) is 7.76. The first-order chi connectivity index (χ1) is 23.9. The largest absolute Gasteiger partial charge is 0.373 e. The van der Waals surface area contributed by atoms with Crippen LogP contribution in [0.3, 0.4) is 0 Å². The molecule has 0 saturated heterocycles. The van der Waals surface area contributed by atoms with Gasteiger partial charge in [-0.25, -0.2) is 9.97 Å². The van der Waals surface area contributed by atoms with Crippen LogP contribution in [0, 0.1) is 6.92 Å². The highest BCUT2D eigenvalue weighted by Crippen LogP contribution is 2.43. The Hall–Kier alpha value is -4.95. The number of aryl methyl sites for hydroxylation is 1. The van der Waals surface area contributed by atoms with E-state index in [0.717, 1.165) is 89.8 Å². The van der Waals surface area contributed by atoms with Crippen molar-refractivity contribution in [1.82, 2.24) is 24.8 Å². The minimum absolute atomic E-state index is 0.0266. The lowest BCUT2D eigenvalue weighted by Gasteiger charge is -2.26. The van der Waals surface area contributed by atoms with E-state index in [-0.39, 0.29) is 35.6 Å². The van der Waals surface area contributed by atoms with Crippen molar-refractivity contribution < 1.29 is 24.0 Å². The Balaban J connectivity index is 0.00000156. The van der Waals surface area contributed by atoms with Gasteiger partial charge in [-0.05, 0) is 87.4 Å². The zero-order valence-electron chi connectivity index (χ0n) is 30.4. The fraction of sp³-hybridized carbons (Fsp3) is 0.450. The Morgan fingerprint density at radius 1 is 0.840 bits per heavy atom. The number of aromatic amines is 2. The molecule has 2 aromatic heterocycles. The molecule has 0 fully saturated rings. The number of hydrogen-bond acceptors (Lipinski definition) is 7. The third-order valence-electron chi connectivity index (χ3n) is 10.5. The van der Waals surface area contributed by atoms with Crippen LogP contribution in [-0.4, -0.2) is 55.1 Å². The fourth-order valence-corrected chi connectivity index (χ4v) is 7.76. The highest BCUT2D eigenvalue weighted by atomic mass is 16.2. The molecule has 4 aliphatic heterocycles. The number of unbranched alkanes of at least 4 members (excludes halogenated alkanes) is 3. The summed E-state index contributed by atoms with van der Waals surface area (Å²) >= 11 is 0. The molecule has 8 bridgehead atoms. The third-order valence-corrected chi connectivity index (χ3v) is 10.5. The smallest absolute Gasteiger partial charge is 0.362 e. The number of nitrogens with one attached hydrogen (secondary N) is 2. The Labute approximate surface area is 293 Å². The molecule has 2 N–H and O–H groups in total. The molecule has 10 heteroatoms. The van der Waals surface area contributed by atoms with Gasteiger partial charge in [0.1, 0.15) is 0 Å². The molecule has 6 rings (SSSR count). The van der Waals surface area contributed by atoms with E-state index in [2.05, 4.69) is 43.7 Å². The van der Waals surface area contributed by atoms with Crippen LogP contribution >= 0.6 is 0 Å². The number of Topliss-reactive ketones (excluding diaryl/α,β-unsaturated/α-hetero) is 1. The van der Waals surface area contributed by atoms with Gasteiger partial charge in [0.2, 0.25) is 0 Å². The molecular formula is C40H47N5O5. The number of carbonyl (C=O) groups is 3. The molecule has 2 aromatic rings. The summed E-state index contributed by atoms with van der Waals surface area (Å²) in [4.78, 5) is 76.7. The Kier molecular flexibility index (Phi) is 10.8. The molecule has 0 aromatic carbocycles. The first kappa shape index (κ1) is 36.3. The summed E-state index contributed by atoms with van der Waals surface area (Å²) < 4.78 is 0. The first-order valence-corrected chi connectivity index (χ1v) is 17.8. The molecule has 6 heterocycles. The third kappa shape index (κ3) is 6.29. The zero-order chi connectivity index (χ0) is 36.4. The minimum Gasteiger partial charge on any atom is -0.362 e. The van der Waals surface area contributed by atoms with E-state index in [1.54, 1.807) is 6.92 Å². The predicted octanol–water partition coefficient (Wildman–Crippen LogP) is 8.49. The normalized spacial score (nSPS) is 17.5. The molecule has 0 aliphatic carbocycles. The Morgan fingerprint density at radius 3 is 2.16 bits per heavy atom. The van der Waals surface area contributed by atoms with Crippen LogP contribution in [0.5, 0.6) is 0 Å². The number of ketones is 1. The number of aromatic nitrogens is 4. The summed E-state index contributed by atoms with van der Waals surface area (Å²) in [6.07, 6.45) is 6.62. The van der Waals surface area contributed by atoms with E-state index in [4.69, 9.17) is 19.6 Å². The quantitative estimate of drug-likeness (QED) is 0.200. The van der Waals surface area contributed by atoms with Gasteiger partial charge in [-0.1, -0.05) is 53.4 Å². The second-order valence-corrected chi connectivity index (χ2v) is 13.6. The molecule has 0 saturated carbocycles.